The Kier molecular flexibility index (Phi) is 6.66. The summed E-state index contributed by atoms with van der Waals surface area (Å²) in [5.74, 6) is -0.552. The van der Waals surface area contributed by atoms with Crippen molar-refractivity contribution in [2.24, 2.45) is 0 Å². The van der Waals surface area contributed by atoms with Gasteiger partial charge in [-0.2, -0.15) is 0 Å². The van der Waals surface area contributed by atoms with E-state index >= 15 is 0 Å². The molecule has 0 bridgehead atoms. The second kappa shape index (κ2) is 9.63. The van der Waals surface area contributed by atoms with E-state index in [4.69, 9.17) is 9.47 Å². The summed E-state index contributed by atoms with van der Waals surface area (Å²) in [6.07, 6.45) is 0.892. The first-order valence-electron chi connectivity index (χ1n) is 10.9. The number of amides is 1. The van der Waals surface area contributed by atoms with Crippen LogP contribution in [-0.4, -0.2) is 30.2 Å². The summed E-state index contributed by atoms with van der Waals surface area (Å²) in [6.45, 7) is 1.84. The summed E-state index contributed by atoms with van der Waals surface area (Å²) in [7, 11) is -3.34. The van der Waals surface area contributed by atoms with E-state index in [9.17, 15) is 14.2 Å². The average Bonchev–Trinajstić information content (AvgIpc) is 3.67. The van der Waals surface area contributed by atoms with Crippen LogP contribution >= 0.6 is 7.14 Å². The minimum absolute atomic E-state index is 0.446. The second-order valence-corrected chi connectivity index (χ2v) is 11.0. The maximum atomic E-state index is 14.6. The molecule has 0 aliphatic heterocycles. The lowest BCUT2D eigenvalue weighted by atomic mass is 10.3. The zero-order valence-corrected chi connectivity index (χ0v) is 19.3. The normalized spacial score (nSPS) is 14.2. The average molecular weight is 463 g/mol. The molecule has 3 aromatic rings. The van der Waals surface area contributed by atoms with Crippen LogP contribution in [0.25, 0.3) is 0 Å². The third kappa shape index (κ3) is 4.44. The fourth-order valence-electron chi connectivity index (χ4n) is 3.99. The van der Waals surface area contributed by atoms with Gasteiger partial charge in [0.15, 0.2) is 13.7 Å². The number of ether oxygens (including phenoxy) is 2. The molecule has 0 saturated heterocycles. The number of carbonyl (C=O) groups is 2. The van der Waals surface area contributed by atoms with E-state index in [1.807, 2.05) is 49.4 Å². The highest BCUT2D eigenvalue weighted by Crippen LogP contribution is 2.68. The van der Waals surface area contributed by atoms with Crippen LogP contribution in [0.3, 0.4) is 0 Å². The quantitative estimate of drug-likeness (QED) is 0.382. The van der Waals surface area contributed by atoms with Crippen molar-refractivity contribution in [3.05, 3.63) is 84.9 Å². The Morgan fingerprint density at radius 1 is 0.879 bits per heavy atom. The van der Waals surface area contributed by atoms with Gasteiger partial charge >= 0.3 is 5.97 Å². The van der Waals surface area contributed by atoms with Crippen LogP contribution < -0.4 is 20.7 Å². The Labute approximate surface area is 193 Å². The number of nitrogens with one attached hydrogen (secondary N) is 1. The lowest BCUT2D eigenvalue weighted by molar-refractivity contribution is -0.147. The zero-order chi connectivity index (χ0) is 23.3. The molecule has 1 amide bonds. The molecule has 0 heterocycles. The molecule has 4 rings (SSSR count). The Bertz CT molecular complexity index is 1130. The third-order valence-electron chi connectivity index (χ3n) is 5.74. The molecule has 0 spiro atoms. The van der Waals surface area contributed by atoms with Gasteiger partial charge in [-0.1, -0.05) is 72.8 Å². The van der Waals surface area contributed by atoms with Gasteiger partial charge in [0.25, 0.3) is 5.91 Å². The standard InChI is InChI=1S/C26H26NO5P/c1-2-31-23-16-10-9-15-22(23)27-24(28)19-32-25(29)26(17-18-26)33(30,20-11-5-3-6-12-20)21-13-7-4-8-14-21/h3-16H,2,17-19H2,1H3,(H,27,28). The lowest BCUT2D eigenvalue weighted by Crippen LogP contribution is -2.36. The van der Waals surface area contributed by atoms with Gasteiger partial charge in [-0.25, -0.2) is 0 Å². The van der Waals surface area contributed by atoms with Gasteiger partial charge in [-0.05, 0) is 31.9 Å². The highest BCUT2D eigenvalue weighted by molar-refractivity contribution is 7.81. The molecule has 1 fully saturated rings. The predicted molar refractivity (Wildman–Crippen MR) is 129 cm³/mol. The summed E-state index contributed by atoms with van der Waals surface area (Å²) in [4.78, 5) is 25.7. The van der Waals surface area contributed by atoms with E-state index in [1.165, 1.54) is 0 Å². The van der Waals surface area contributed by atoms with Crippen molar-refractivity contribution in [2.45, 2.75) is 24.9 Å². The molecule has 0 aromatic heterocycles. The Hall–Kier alpha value is -3.37. The van der Waals surface area contributed by atoms with Crippen LogP contribution in [0.1, 0.15) is 19.8 Å². The van der Waals surface area contributed by atoms with E-state index in [0.29, 0.717) is 41.5 Å². The first-order chi connectivity index (χ1) is 16.0. The number of carbonyl (C=O) groups excluding carboxylic acids is 2. The SMILES string of the molecule is CCOc1ccccc1NC(=O)COC(=O)C1(P(=O)(c2ccccc2)c2ccccc2)CC1. The molecule has 1 aliphatic rings. The van der Waals surface area contributed by atoms with Crippen LogP contribution in [0.5, 0.6) is 5.75 Å². The topological polar surface area (TPSA) is 81.7 Å². The number of hydrogen-bond acceptors (Lipinski definition) is 5. The molecular weight excluding hydrogens is 437 g/mol. The number of hydrogen-bond donors (Lipinski definition) is 1. The van der Waals surface area contributed by atoms with Gasteiger partial charge in [0.1, 0.15) is 10.9 Å². The van der Waals surface area contributed by atoms with Gasteiger partial charge in [0, 0.05) is 10.6 Å². The molecule has 1 saturated carbocycles. The summed E-state index contributed by atoms with van der Waals surface area (Å²) in [5.41, 5.74) is 0.501. The monoisotopic (exact) mass is 463 g/mol. The van der Waals surface area contributed by atoms with Crippen molar-refractivity contribution in [3.8, 4) is 5.75 Å². The van der Waals surface area contributed by atoms with Crippen molar-refractivity contribution >= 4 is 35.3 Å². The highest BCUT2D eigenvalue weighted by atomic mass is 31.2. The maximum absolute atomic E-state index is 14.6. The molecule has 0 atom stereocenters. The molecule has 0 unspecified atom stereocenters. The Morgan fingerprint density at radius 2 is 1.42 bits per heavy atom. The van der Waals surface area contributed by atoms with Crippen molar-refractivity contribution in [1.29, 1.82) is 0 Å². The molecular formula is C26H26NO5P. The summed E-state index contributed by atoms with van der Waals surface area (Å²) in [6, 6.07) is 25.2. The van der Waals surface area contributed by atoms with Gasteiger partial charge in [0.2, 0.25) is 0 Å². The maximum Gasteiger partial charge on any atom is 0.320 e. The largest absolute Gasteiger partial charge is 0.492 e. The Morgan fingerprint density at radius 3 is 1.97 bits per heavy atom. The van der Waals surface area contributed by atoms with E-state index < -0.39 is 30.8 Å². The number of rotatable bonds is 9. The first kappa shape index (κ1) is 22.8. The van der Waals surface area contributed by atoms with E-state index in [2.05, 4.69) is 5.32 Å². The smallest absolute Gasteiger partial charge is 0.320 e. The van der Waals surface area contributed by atoms with E-state index in [-0.39, 0.29) is 0 Å². The lowest BCUT2D eigenvalue weighted by Gasteiger charge is -2.27. The fourth-order valence-corrected chi connectivity index (χ4v) is 7.52. The van der Waals surface area contributed by atoms with Gasteiger partial charge in [-0.3, -0.25) is 9.59 Å². The van der Waals surface area contributed by atoms with Gasteiger partial charge < -0.3 is 19.4 Å². The summed E-state index contributed by atoms with van der Waals surface area (Å²) < 4.78 is 25.5. The van der Waals surface area contributed by atoms with Crippen LogP contribution in [-0.2, 0) is 18.9 Å². The summed E-state index contributed by atoms with van der Waals surface area (Å²) >= 11 is 0. The predicted octanol–water partition coefficient (Wildman–Crippen LogP) is 4.11. The number of anilines is 1. The van der Waals surface area contributed by atoms with E-state index in [0.717, 1.165) is 0 Å². The Balaban J connectivity index is 1.53. The molecule has 170 valence electrons. The molecule has 7 heteroatoms. The van der Waals surface area contributed by atoms with Crippen LogP contribution in [0.15, 0.2) is 84.9 Å². The van der Waals surface area contributed by atoms with Gasteiger partial charge in [-0.15, -0.1) is 0 Å². The fraction of sp³-hybridized carbons (Fsp3) is 0.231. The number of benzene rings is 3. The van der Waals surface area contributed by atoms with Crippen molar-refractivity contribution in [3.63, 3.8) is 0 Å². The van der Waals surface area contributed by atoms with Crippen LogP contribution in [0.4, 0.5) is 5.69 Å². The number of para-hydroxylation sites is 2. The minimum atomic E-state index is -3.34. The molecule has 1 N–H and O–H groups in total. The molecule has 6 nitrogen and oxygen atoms in total. The van der Waals surface area contributed by atoms with Crippen LogP contribution in [0.2, 0.25) is 0 Å². The van der Waals surface area contributed by atoms with Gasteiger partial charge in [0.05, 0.1) is 12.3 Å². The molecule has 1 aliphatic carbocycles. The van der Waals surface area contributed by atoms with Crippen LogP contribution in [0, 0.1) is 0 Å². The molecule has 3 aromatic carbocycles. The first-order valence-corrected chi connectivity index (χ1v) is 12.6. The zero-order valence-electron chi connectivity index (χ0n) is 18.4. The van der Waals surface area contributed by atoms with Crippen molar-refractivity contribution < 1.29 is 23.6 Å². The molecule has 33 heavy (non-hydrogen) atoms. The minimum Gasteiger partial charge on any atom is -0.492 e. The summed E-state index contributed by atoms with van der Waals surface area (Å²) in [5, 5.41) is 2.78. The second-order valence-electron chi connectivity index (χ2n) is 7.87. The highest BCUT2D eigenvalue weighted by Gasteiger charge is 2.65. The molecule has 0 radical (unpaired) electrons. The number of esters is 1. The van der Waals surface area contributed by atoms with Crippen molar-refractivity contribution in [2.75, 3.05) is 18.5 Å². The van der Waals surface area contributed by atoms with Crippen molar-refractivity contribution in [1.82, 2.24) is 0 Å². The third-order valence-corrected chi connectivity index (χ3v) is 9.63. The van der Waals surface area contributed by atoms with E-state index in [1.54, 1.807) is 42.5 Å².